The van der Waals surface area contributed by atoms with Crippen LogP contribution in [0.5, 0.6) is 0 Å². The molecule has 3 nitrogen and oxygen atoms in total. The van der Waals surface area contributed by atoms with Gasteiger partial charge in [0.05, 0.1) is 18.6 Å². The first-order valence-electron chi connectivity index (χ1n) is 8.66. The van der Waals surface area contributed by atoms with Crippen LogP contribution in [0.15, 0.2) is 48.5 Å². The number of rotatable bonds is 4. The number of aliphatic hydroxyl groups excluding tert-OH is 1. The first-order valence-corrected chi connectivity index (χ1v) is 8.66. The Hall–Kier alpha value is -2.13. The largest absolute Gasteiger partial charge is 0.388 e. The van der Waals surface area contributed by atoms with Crippen LogP contribution in [0.1, 0.15) is 53.7 Å². The molecule has 0 spiro atoms. The van der Waals surface area contributed by atoms with Crippen LogP contribution in [0.3, 0.4) is 0 Å². The number of benzene rings is 2. The number of nitrogens with zero attached hydrogens (tertiary/aromatic N) is 1. The van der Waals surface area contributed by atoms with E-state index in [1.54, 1.807) is 0 Å². The SMILES string of the molecule is Cc1ccc(C2CCCN2C(=O)CC(O)c2ccccc2)cc1C. The summed E-state index contributed by atoms with van der Waals surface area (Å²) in [5.74, 6) is 0.0343. The molecule has 24 heavy (non-hydrogen) atoms. The van der Waals surface area contributed by atoms with Gasteiger partial charge >= 0.3 is 0 Å². The maximum Gasteiger partial charge on any atom is 0.226 e. The maximum absolute atomic E-state index is 12.7. The van der Waals surface area contributed by atoms with Crippen molar-refractivity contribution in [3.05, 3.63) is 70.8 Å². The molecular formula is C21H25NO2. The molecule has 1 fully saturated rings. The van der Waals surface area contributed by atoms with E-state index >= 15 is 0 Å². The van der Waals surface area contributed by atoms with E-state index in [1.807, 2.05) is 35.2 Å². The van der Waals surface area contributed by atoms with E-state index < -0.39 is 6.10 Å². The third-order valence-electron chi connectivity index (χ3n) is 5.04. The molecule has 1 heterocycles. The van der Waals surface area contributed by atoms with Crippen LogP contribution in [0, 0.1) is 13.8 Å². The maximum atomic E-state index is 12.7. The Balaban J connectivity index is 1.72. The summed E-state index contributed by atoms with van der Waals surface area (Å²) in [5.41, 5.74) is 4.54. The van der Waals surface area contributed by atoms with E-state index in [0.29, 0.717) is 0 Å². The zero-order valence-electron chi connectivity index (χ0n) is 14.4. The molecule has 3 heteroatoms. The predicted octanol–water partition coefficient (Wildman–Crippen LogP) is 4.09. The fraction of sp³-hybridized carbons (Fsp3) is 0.381. The van der Waals surface area contributed by atoms with Crippen molar-refractivity contribution in [3.63, 3.8) is 0 Å². The van der Waals surface area contributed by atoms with Gasteiger partial charge in [-0.2, -0.15) is 0 Å². The van der Waals surface area contributed by atoms with E-state index in [-0.39, 0.29) is 18.4 Å². The average Bonchev–Trinajstić information content (AvgIpc) is 3.08. The first-order chi connectivity index (χ1) is 11.6. The summed E-state index contributed by atoms with van der Waals surface area (Å²) >= 11 is 0. The summed E-state index contributed by atoms with van der Waals surface area (Å²) in [7, 11) is 0. The van der Waals surface area contributed by atoms with Gasteiger partial charge in [-0.3, -0.25) is 4.79 Å². The van der Waals surface area contributed by atoms with Crippen LogP contribution in [0.2, 0.25) is 0 Å². The number of likely N-dealkylation sites (tertiary alicyclic amines) is 1. The molecular weight excluding hydrogens is 298 g/mol. The minimum atomic E-state index is -0.736. The lowest BCUT2D eigenvalue weighted by Crippen LogP contribution is -2.31. The summed E-state index contributed by atoms with van der Waals surface area (Å²) in [5, 5.41) is 10.3. The van der Waals surface area contributed by atoms with E-state index in [9.17, 15) is 9.90 Å². The molecule has 3 rings (SSSR count). The molecule has 0 aliphatic carbocycles. The quantitative estimate of drug-likeness (QED) is 0.920. The monoisotopic (exact) mass is 323 g/mol. The van der Waals surface area contributed by atoms with Crippen molar-refractivity contribution in [2.75, 3.05) is 6.54 Å². The van der Waals surface area contributed by atoms with Crippen LogP contribution in [0.25, 0.3) is 0 Å². The van der Waals surface area contributed by atoms with Gasteiger partial charge in [-0.05, 0) is 48.9 Å². The molecule has 0 radical (unpaired) electrons. The molecule has 2 aromatic carbocycles. The summed E-state index contributed by atoms with van der Waals surface area (Å²) < 4.78 is 0. The third-order valence-corrected chi connectivity index (χ3v) is 5.04. The van der Waals surface area contributed by atoms with Crippen molar-refractivity contribution < 1.29 is 9.90 Å². The van der Waals surface area contributed by atoms with Crippen molar-refractivity contribution in [1.29, 1.82) is 0 Å². The Morgan fingerprint density at radius 1 is 1.17 bits per heavy atom. The number of hydrogen-bond donors (Lipinski definition) is 1. The number of carbonyl (C=O) groups excluding carboxylic acids is 1. The summed E-state index contributed by atoms with van der Waals surface area (Å²) in [6.07, 6.45) is 1.42. The Labute approximate surface area is 143 Å². The second-order valence-electron chi connectivity index (χ2n) is 6.72. The van der Waals surface area contributed by atoms with Gasteiger partial charge in [0.25, 0.3) is 0 Å². The lowest BCUT2D eigenvalue weighted by molar-refractivity contribution is -0.134. The van der Waals surface area contributed by atoms with Crippen molar-refractivity contribution in [2.45, 2.75) is 45.3 Å². The fourth-order valence-electron chi connectivity index (χ4n) is 3.46. The van der Waals surface area contributed by atoms with Crippen molar-refractivity contribution in [2.24, 2.45) is 0 Å². The second kappa shape index (κ2) is 7.18. The molecule has 0 aromatic heterocycles. The van der Waals surface area contributed by atoms with Gasteiger partial charge in [0.15, 0.2) is 0 Å². The number of hydrogen-bond acceptors (Lipinski definition) is 2. The van der Waals surface area contributed by atoms with Crippen LogP contribution < -0.4 is 0 Å². The van der Waals surface area contributed by atoms with Gasteiger partial charge in [-0.25, -0.2) is 0 Å². The van der Waals surface area contributed by atoms with Crippen molar-refractivity contribution >= 4 is 5.91 Å². The highest BCUT2D eigenvalue weighted by Crippen LogP contribution is 2.34. The lowest BCUT2D eigenvalue weighted by atomic mass is 9.99. The van der Waals surface area contributed by atoms with Gasteiger partial charge in [0, 0.05) is 6.54 Å². The molecule has 2 unspecified atom stereocenters. The van der Waals surface area contributed by atoms with Crippen molar-refractivity contribution in [1.82, 2.24) is 4.90 Å². The zero-order chi connectivity index (χ0) is 17.1. The lowest BCUT2D eigenvalue weighted by Gasteiger charge is -2.26. The van der Waals surface area contributed by atoms with Gasteiger partial charge in [-0.15, -0.1) is 0 Å². The standard InChI is InChI=1S/C21H25NO2/c1-15-10-11-18(13-16(15)2)19-9-6-12-22(19)21(24)14-20(23)17-7-4-3-5-8-17/h3-5,7-8,10-11,13,19-20,23H,6,9,12,14H2,1-2H3. The molecule has 0 bridgehead atoms. The van der Waals surface area contributed by atoms with Crippen LogP contribution >= 0.6 is 0 Å². The minimum absolute atomic E-state index is 0.0343. The van der Waals surface area contributed by atoms with Crippen molar-refractivity contribution in [3.8, 4) is 0 Å². The fourth-order valence-corrected chi connectivity index (χ4v) is 3.46. The molecule has 1 saturated heterocycles. The summed E-state index contributed by atoms with van der Waals surface area (Å²) in [6, 6.07) is 16.0. The highest BCUT2D eigenvalue weighted by molar-refractivity contribution is 5.77. The highest BCUT2D eigenvalue weighted by atomic mass is 16.3. The smallest absolute Gasteiger partial charge is 0.226 e. The van der Waals surface area contributed by atoms with Gasteiger partial charge in [0.1, 0.15) is 0 Å². The Bertz CT molecular complexity index is 711. The van der Waals surface area contributed by atoms with Gasteiger partial charge in [0.2, 0.25) is 5.91 Å². The van der Waals surface area contributed by atoms with Gasteiger partial charge in [-0.1, -0.05) is 48.5 Å². The van der Waals surface area contributed by atoms with E-state index in [4.69, 9.17) is 0 Å². The molecule has 1 amide bonds. The highest BCUT2D eigenvalue weighted by Gasteiger charge is 2.31. The molecule has 126 valence electrons. The molecule has 1 aliphatic rings. The van der Waals surface area contributed by atoms with E-state index in [0.717, 1.165) is 24.9 Å². The van der Waals surface area contributed by atoms with Gasteiger partial charge < -0.3 is 10.0 Å². The molecule has 2 atom stereocenters. The zero-order valence-corrected chi connectivity index (χ0v) is 14.4. The number of amides is 1. The topological polar surface area (TPSA) is 40.5 Å². The van der Waals surface area contributed by atoms with E-state index in [2.05, 4.69) is 32.0 Å². The number of carbonyl (C=O) groups is 1. The normalized spacial score (nSPS) is 18.6. The summed E-state index contributed by atoms with van der Waals surface area (Å²) in [4.78, 5) is 14.7. The molecule has 1 aliphatic heterocycles. The van der Waals surface area contributed by atoms with E-state index in [1.165, 1.54) is 16.7 Å². The minimum Gasteiger partial charge on any atom is -0.388 e. The Kier molecular flexibility index (Phi) is 5.00. The van der Waals surface area contributed by atoms with Crippen LogP contribution in [0.4, 0.5) is 0 Å². The van der Waals surface area contributed by atoms with Crippen LogP contribution in [-0.4, -0.2) is 22.5 Å². The third kappa shape index (κ3) is 3.51. The Morgan fingerprint density at radius 3 is 2.62 bits per heavy atom. The number of aliphatic hydroxyl groups is 1. The molecule has 0 saturated carbocycles. The molecule has 1 N–H and O–H groups in total. The molecule has 2 aromatic rings. The van der Waals surface area contributed by atoms with Crippen LogP contribution in [-0.2, 0) is 4.79 Å². The predicted molar refractivity (Wildman–Crippen MR) is 95.6 cm³/mol. The first kappa shape index (κ1) is 16.7. The average molecular weight is 323 g/mol. The second-order valence-corrected chi connectivity index (χ2v) is 6.72. The number of aryl methyl sites for hydroxylation is 2. The summed E-state index contributed by atoms with van der Waals surface area (Å²) in [6.45, 7) is 4.99. The Morgan fingerprint density at radius 2 is 1.92 bits per heavy atom.